The van der Waals surface area contributed by atoms with Gasteiger partial charge in [0.15, 0.2) is 0 Å². The Bertz CT molecular complexity index is 672. The van der Waals surface area contributed by atoms with E-state index in [1.165, 1.54) is 11.3 Å². The molecule has 0 fully saturated rings. The molecule has 2 N–H and O–H groups in total. The number of aromatic nitrogens is 2. The summed E-state index contributed by atoms with van der Waals surface area (Å²) in [6, 6.07) is 14.6. The second-order valence-electron chi connectivity index (χ2n) is 4.65. The van der Waals surface area contributed by atoms with Gasteiger partial charge in [0.25, 0.3) is 0 Å². The van der Waals surface area contributed by atoms with E-state index in [4.69, 9.17) is 0 Å². The van der Waals surface area contributed by atoms with Gasteiger partial charge in [-0.05, 0) is 24.1 Å². The second kappa shape index (κ2) is 3.60. The maximum absolute atomic E-state index is 4.66. The molecule has 4 rings (SSSR count). The summed E-state index contributed by atoms with van der Waals surface area (Å²) in [5.74, 6) is 0.939. The molecule has 3 heteroatoms. The molecule has 0 amide bonds. The number of anilines is 1. The van der Waals surface area contributed by atoms with Crippen molar-refractivity contribution in [2.24, 2.45) is 0 Å². The number of rotatable bonds is 1. The summed E-state index contributed by atoms with van der Waals surface area (Å²) < 4.78 is 0. The van der Waals surface area contributed by atoms with E-state index in [2.05, 4.69) is 39.6 Å². The summed E-state index contributed by atoms with van der Waals surface area (Å²) >= 11 is 0. The van der Waals surface area contributed by atoms with Crippen LogP contribution in [0.2, 0.25) is 0 Å². The molecule has 3 nitrogen and oxygen atoms in total. The molecule has 0 spiro atoms. The average Bonchev–Trinajstić information content (AvgIpc) is 3.01. The van der Waals surface area contributed by atoms with Crippen molar-refractivity contribution in [3.8, 4) is 11.4 Å². The minimum absolute atomic E-state index is 0.939. The van der Waals surface area contributed by atoms with Crippen LogP contribution >= 0.6 is 0 Å². The molecule has 88 valence electrons. The maximum atomic E-state index is 4.66. The molecule has 0 saturated heterocycles. The molecule has 0 unspecified atom stereocenters. The van der Waals surface area contributed by atoms with Gasteiger partial charge in [-0.3, -0.25) is 0 Å². The zero-order chi connectivity index (χ0) is 11.9. The summed E-state index contributed by atoms with van der Waals surface area (Å²) in [6.07, 6.45) is 1.10. The van der Waals surface area contributed by atoms with Gasteiger partial charge in [-0.2, -0.15) is 0 Å². The molecule has 0 bridgehead atoms. The van der Waals surface area contributed by atoms with Crippen molar-refractivity contribution >= 4 is 16.7 Å². The van der Waals surface area contributed by atoms with E-state index in [1.807, 2.05) is 18.2 Å². The number of nitrogens with one attached hydrogen (secondary N) is 2. The molecule has 1 aromatic heterocycles. The Hall–Kier alpha value is -2.29. The van der Waals surface area contributed by atoms with Crippen molar-refractivity contribution in [1.29, 1.82) is 0 Å². The van der Waals surface area contributed by atoms with Gasteiger partial charge in [-0.1, -0.05) is 30.3 Å². The highest BCUT2D eigenvalue weighted by atomic mass is 14.9. The third kappa shape index (κ3) is 1.40. The first-order valence-corrected chi connectivity index (χ1v) is 6.22. The van der Waals surface area contributed by atoms with Crippen LogP contribution in [0.5, 0.6) is 0 Å². The number of hydrogen-bond acceptors (Lipinski definition) is 2. The average molecular weight is 235 g/mol. The number of fused-ring (bicyclic) bond motifs is 2. The largest absolute Gasteiger partial charge is 0.384 e. The van der Waals surface area contributed by atoms with Crippen LogP contribution in [0.1, 0.15) is 5.56 Å². The van der Waals surface area contributed by atoms with Crippen molar-refractivity contribution in [3.63, 3.8) is 0 Å². The predicted octanol–water partition coefficient (Wildman–Crippen LogP) is 3.20. The van der Waals surface area contributed by atoms with Crippen LogP contribution in [0.4, 0.5) is 5.69 Å². The van der Waals surface area contributed by atoms with Crippen molar-refractivity contribution in [1.82, 2.24) is 9.97 Å². The number of benzene rings is 2. The molecule has 18 heavy (non-hydrogen) atoms. The highest BCUT2D eigenvalue weighted by Crippen LogP contribution is 2.28. The van der Waals surface area contributed by atoms with E-state index in [0.717, 1.165) is 35.4 Å². The first-order chi connectivity index (χ1) is 8.90. The Kier molecular flexibility index (Phi) is 1.94. The lowest BCUT2D eigenvalue weighted by Crippen LogP contribution is -1.90. The Morgan fingerprint density at radius 1 is 1.06 bits per heavy atom. The number of hydrogen-bond donors (Lipinski definition) is 2. The Balaban J connectivity index is 1.90. The summed E-state index contributed by atoms with van der Waals surface area (Å²) in [4.78, 5) is 8.07. The van der Waals surface area contributed by atoms with Crippen molar-refractivity contribution in [2.45, 2.75) is 6.42 Å². The smallest absolute Gasteiger partial charge is 0.138 e. The van der Waals surface area contributed by atoms with Crippen LogP contribution in [0.25, 0.3) is 22.4 Å². The first kappa shape index (κ1) is 9.71. The molecular weight excluding hydrogens is 222 g/mol. The molecule has 0 aliphatic carbocycles. The Morgan fingerprint density at radius 2 is 1.94 bits per heavy atom. The van der Waals surface area contributed by atoms with Crippen molar-refractivity contribution < 1.29 is 0 Å². The van der Waals surface area contributed by atoms with Gasteiger partial charge >= 0.3 is 0 Å². The molecule has 0 radical (unpaired) electrons. The molecule has 2 aromatic carbocycles. The Labute approximate surface area is 105 Å². The number of aromatic amines is 1. The van der Waals surface area contributed by atoms with Gasteiger partial charge in [0.2, 0.25) is 0 Å². The van der Waals surface area contributed by atoms with E-state index in [-0.39, 0.29) is 0 Å². The monoisotopic (exact) mass is 235 g/mol. The summed E-state index contributed by atoms with van der Waals surface area (Å²) in [5.41, 5.74) is 5.89. The number of imidazole rings is 1. The van der Waals surface area contributed by atoms with Crippen LogP contribution in [-0.4, -0.2) is 16.5 Å². The highest BCUT2D eigenvalue weighted by molar-refractivity contribution is 5.85. The highest BCUT2D eigenvalue weighted by Gasteiger charge is 2.13. The molecule has 0 atom stereocenters. The minimum Gasteiger partial charge on any atom is -0.384 e. The van der Waals surface area contributed by atoms with E-state index in [0.29, 0.717) is 0 Å². The van der Waals surface area contributed by atoms with Crippen LogP contribution < -0.4 is 5.32 Å². The molecule has 2 heterocycles. The van der Waals surface area contributed by atoms with Gasteiger partial charge in [-0.15, -0.1) is 0 Å². The van der Waals surface area contributed by atoms with E-state index in [1.54, 1.807) is 0 Å². The Morgan fingerprint density at radius 3 is 2.83 bits per heavy atom. The van der Waals surface area contributed by atoms with E-state index >= 15 is 0 Å². The van der Waals surface area contributed by atoms with Gasteiger partial charge in [-0.25, -0.2) is 4.98 Å². The summed E-state index contributed by atoms with van der Waals surface area (Å²) in [7, 11) is 0. The minimum atomic E-state index is 0.939. The SMILES string of the molecule is c1ccc(-c2nc3cc4c(cc3[nH]2)CCN4)cc1. The van der Waals surface area contributed by atoms with Gasteiger partial charge in [0.1, 0.15) is 5.82 Å². The van der Waals surface area contributed by atoms with Crippen LogP contribution in [0, 0.1) is 0 Å². The normalized spacial score (nSPS) is 13.6. The lowest BCUT2D eigenvalue weighted by atomic mass is 10.1. The lowest BCUT2D eigenvalue weighted by molar-refractivity contribution is 1.11. The number of H-pyrrole nitrogens is 1. The van der Waals surface area contributed by atoms with Crippen LogP contribution in [0.15, 0.2) is 42.5 Å². The molecule has 0 saturated carbocycles. The van der Waals surface area contributed by atoms with Crippen LogP contribution in [-0.2, 0) is 6.42 Å². The summed E-state index contributed by atoms with van der Waals surface area (Å²) in [5, 5.41) is 3.39. The quantitative estimate of drug-likeness (QED) is 0.680. The van der Waals surface area contributed by atoms with Crippen LogP contribution in [0.3, 0.4) is 0 Å². The first-order valence-electron chi connectivity index (χ1n) is 6.22. The molecular formula is C15H13N3. The number of nitrogens with zero attached hydrogens (tertiary/aromatic N) is 1. The lowest BCUT2D eigenvalue weighted by Gasteiger charge is -1.97. The summed E-state index contributed by atoms with van der Waals surface area (Å²) in [6.45, 7) is 1.04. The van der Waals surface area contributed by atoms with Gasteiger partial charge in [0.05, 0.1) is 11.0 Å². The molecule has 3 aromatic rings. The predicted molar refractivity (Wildman–Crippen MR) is 73.7 cm³/mol. The second-order valence-corrected chi connectivity index (χ2v) is 4.65. The van der Waals surface area contributed by atoms with E-state index < -0.39 is 0 Å². The van der Waals surface area contributed by atoms with Gasteiger partial charge in [0, 0.05) is 17.8 Å². The topological polar surface area (TPSA) is 40.7 Å². The molecule has 1 aliphatic rings. The molecule has 1 aliphatic heterocycles. The fourth-order valence-electron chi connectivity index (χ4n) is 2.54. The van der Waals surface area contributed by atoms with Crippen molar-refractivity contribution in [3.05, 3.63) is 48.0 Å². The van der Waals surface area contributed by atoms with E-state index in [9.17, 15) is 0 Å². The fourth-order valence-corrected chi connectivity index (χ4v) is 2.54. The zero-order valence-electron chi connectivity index (χ0n) is 9.90. The zero-order valence-corrected chi connectivity index (χ0v) is 9.90. The third-order valence-corrected chi connectivity index (χ3v) is 3.46. The fraction of sp³-hybridized carbons (Fsp3) is 0.133. The standard InChI is InChI=1S/C15H13N3/c1-2-4-10(5-3-1)15-17-13-8-11-6-7-16-12(11)9-14(13)18-15/h1-5,8-9,16H,6-7H2,(H,17,18). The maximum Gasteiger partial charge on any atom is 0.138 e. The van der Waals surface area contributed by atoms with Gasteiger partial charge < -0.3 is 10.3 Å². The van der Waals surface area contributed by atoms with Crippen molar-refractivity contribution in [2.75, 3.05) is 11.9 Å². The third-order valence-electron chi connectivity index (χ3n) is 3.46.